The number of ketones is 1. The lowest BCUT2D eigenvalue weighted by Crippen LogP contribution is -2.50. The number of nitrogens with zero attached hydrogens (tertiary/aromatic N) is 1. The number of nitrogens with one attached hydrogen (secondary N) is 1. The molecule has 0 saturated carbocycles. The van der Waals surface area contributed by atoms with Gasteiger partial charge in [0, 0.05) is 19.5 Å². The normalized spacial score (nSPS) is 21.4. The van der Waals surface area contributed by atoms with Crippen molar-refractivity contribution in [3.05, 3.63) is 0 Å². The van der Waals surface area contributed by atoms with Crippen LogP contribution in [0.15, 0.2) is 0 Å². The van der Waals surface area contributed by atoms with E-state index in [1.165, 1.54) is 6.92 Å². The fourth-order valence-electron chi connectivity index (χ4n) is 1.22. The van der Waals surface area contributed by atoms with Crippen LogP contribution in [0.3, 0.4) is 0 Å². The molecule has 0 aromatic heterocycles. The number of morpholine rings is 1. The van der Waals surface area contributed by atoms with Gasteiger partial charge in [0.15, 0.2) is 0 Å². The van der Waals surface area contributed by atoms with E-state index >= 15 is 0 Å². The molecule has 0 aliphatic carbocycles. The van der Waals surface area contributed by atoms with Gasteiger partial charge in [0.05, 0.1) is 13.2 Å². The lowest BCUT2D eigenvalue weighted by molar-refractivity contribution is -0.120. The molecule has 1 heterocycles. The second-order valence-corrected chi connectivity index (χ2v) is 3.15. The number of ether oxygens (including phenoxy) is 1. The Balaban J connectivity index is 2.18. The third-order valence-electron chi connectivity index (χ3n) is 1.82. The standard InChI is InChI=1S/C8H16N2O3/c1-7(11)6-8(12)9-10-2-4-13-5-3-10/h8-9,12H,2-6H2,1H3. The zero-order valence-electron chi connectivity index (χ0n) is 7.82. The number of aliphatic hydroxyl groups is 1. The Morgan fingerprint density at radius 3 is 2.77 bits per heavy atom. The predicted octanol–water partition coefficient (Wildman–Crippen LogP) is -0.879. The highest BCUT2D eigenvalue weighted by Crippen LogP contribution is 1.96. The number of Topliss-reactive ketones (excluding diaryl/α,β-unsaturated/α-hetero) is 1. The lowest BCUT2D eigenvalue weighted by atomic mass is 10.3. The molecule has 5 heteroatoms. The largest absolute Gasteiger partial charge is 0.379 e. The number of hydrogen-bond acceptors (Lipinski definition) is 5. The van der Waals surface area contributed by atoms with Crippen LogP contribution in [0.5, 0.6) is 0 Å². The first-order valence-electron chi connectivity index (χ1n) is 4.45. The number of aliphatic hydroxyl groups excluding tert-OH is 1. The van der Waals surface area contributed by atoms with Gasteiger partial charge in [-0.05, 0) is 6.92 Å². The van der Waals surface area contributed by atoms with Crippen molar-refractivity contribution in [1.29, 1.82) is 0 Å². The van der Waals surface area contributed by atoms with E-state index in [9.17, 15) is 9.90 Å². The summed E-state index contributed by atoms with van der Waals surface area (Å²) >= 11 is 0. The van der Waals surface area contributed by atoms with Crippen molar-refractivity contribution in [3.8, 4) is 0 Å². The molecule has 1 fully saturated rings. The Hall–Kier alpha value is -0.490. The summed E-state index contributed by atoms with van der Waals surface area (Å²) in [5.74, 6) is -0.0201. The minimum absolute atomic E-state index is 0.0201. The van der Waals surface area contributed by atoms with Crippen LogP contribution in [0.2, 0.25) is 0 Å². The molecule has 0 aromatic carbocycles. The van der Waals surface area contributed by atoms with Gasteiger partial charge in [0.25, 0.3) is 0 Å². The van der Waals surface area contributed by atoms with Crippen LogP contribution in [-0.2, 0) is 9.53 Å². The maximum absolute atomic E-state index is 10.7. The van der Waals surface area contributed by atoms with Crippen molar-refractivity contribution in [2.45, 2.75) is 19.6 Å². The first-order valence-corrected chi connectivity index (χ1v) is 4.45. The SMILES string of the molecule is CC(=O)CC(O)NN1CCOCC1. The molecule has 76 valence electrons. The lowest BCUT2D eigenvalue weighted by Gasteiger charge is -2.29. The Bertz CT molecular complexity index is 169. The van der Waals surface area contributed by atoms with Crippen molar-refractivity contribution in [2.24, 2.45) is 0 Å². The molecule has 1 atom stereocenters. The number of carbonyl (C=O) groups is 1. The molecular weight excluding hydrogens is 172 g/mol. The highest BCUT2D eigenvalue weighted by atomic mass is 16.5. The Kier molecular flexibility index (Phi) is 4.31. The Labute approximate surface area is 77.6 Å². The van der Waals surface area contributed by atoms with Crippen LogP contribution in [0.4, 0.5) is 0 Å². The van der Waals surface area contributed by atoms with E-state index in [2.05, 4.69) is 5.43 Å². The summed E-state index contributed by atoms with van der Waals surface area (Å²) < 4.78 is 5.13. The second kappa shape index (κ2) is 5.29. The molecule has 2 N–H and O–H groups in total. The minimum atomic E-state index is -0.768. The predicted molar refractivity (Wildman–Crippen MR) is 46.8 cm³/mol. The molecule has 0 spiro atoms. The second-order valence-electron chi connectivity index (χ2n) is 3.15. The summed E-state index contributed by atoms with van der Waals surface area (Å²) in [6.45, 7) is 4.29. The van der Waals surface area contributed by atoms with Gasteiger partial charge in [0.1, 0.15) is 12.0 Å². The fraction of sp³-hybridized carbons (Fsp3) is 0.875. The molecule has 0 aromatic rings. The van der Waals surface area contributed by atoms with Crippen molar-refractivity contribution in [1.82, 2.24) is 10.4 Å². The smallest absolute Gasteiger partial charge is 0.133 e. The van der Waals surface area contributed by atoms with Gasteiger partial charge in [-0.3, -0.25) is 4.79 Å². The molecular formula is C8H16N2O3. The molecule has 1 saturated heterocycles. The van der Waals surface area contributed by atoms with E-state index in [4.69, 9.17) is 4.74 Å². The van der Waals surface area contributed by atoms with Gasteiger partial charge < -0.3 is 9.84 Å². The van der Waals surface area contributed by atoms with E-state index in [-0.39, 0.29) is 12.2 Å². The highest BCUT2D eigenvalue weighted by molar-refractivity contribution is 5.75. The van der Waals surface area contributed by atoms with Crippen molar-refractivity contribution in [3.63, 3.8) is 0 Å². The van der Waals surface area contributed by atoms with E-state index in [0.717, 1.165) is 13.1 Å². The van der Waals surface area contributed by atoms with Gasteiger partial charge in [-0.2, -0.15) is 0 Å². The Morgan fingerprint density at radius 1 is 1.62 bits per heavy atom. The van der Waals surface area contributed by atoms with Crippen LogP contribution >= 0.6 is 0 Å². The van der Waals surface area contributed by atoms with E-state index < -0.39 is 6.23 Å². The zero-order valence-corrected chi connectivity index (χ0v) is 7.82. The quantitative estimate of drug-likeness (QED) is 0.561. The highest BCUT2D eigenvalue weighted by Gasteiger charge is 2.14. The monoisotopic (exact) mass is 188 g/mol. The summed E-state index contributed by atoms with van der Waals surface area (Å²) in [4.78, 5) is 10.7. The van der Waals surface area contributed by atoms with E-state index in [0.29, 0.717) is 13.2 Å². The molecule has 1 unspecified atom stereocenters. The maximum Gasteiger partial charge on any atom is 0.133 e. The molecule has 0 bridgehead atoms. The minimum Gasteiger partial charge on any atom is -0.379 e. The number of carbonyl (C=O) groups excluding carboxylic acids is 1. The first kappa shape index (κ1) is 10.6. The zero-order chi connectivity index (χ0) is 9.68. The summed E-state index contributed by atoms with van der Waals surface area (Å²) in [6.07, 6.45) is -0.618. The van der Waals surface area contributed by atoms with Crippen LogP contribution in [0.25, 0.3) is 0 Å². The summed E-state index contributed by atoms with van der Waals surface area (Å²) in [6, 6.07) is 0. The van der Waals surface area contributed by atoms with E-state index in [1.54, 1.807) is 0 Å². The molecule has 1 aliphatic heterocycles. The summed E-state index contributed by atoms with van der Waals surface area (Å²) in [5.41, 5.74) is 2.84. The van der Waals surface area contributed by atoms with Crippen molar-refractivity contribution < 1.29 is 14.6 Å². The number of hydrogen-bond donors (Lipinski definition) is 2. The third-order valence-corrected chi connectivity index (χ3v) is 1.82. The van der Waals surface area contributed by atoms with E-state index in [1.807, 2.05) is 5.01 Å². The Morgan fingerprint density at radius 2 is 2.23 bits per heavy atom. The van der Waals surface area contributed by atoms with Gasteiger partial charge in [-0.1, -0.05) is 0 Å². The van der Waals surface area contributed by atoms with Gasteiger partial charge in [-0.15, -0.1) is 0 Å². The molecule has 1 aliphatic rings. The van der Waals surface area contributed by atoms with Gasteiger partial charge >= 0.3 is 0 Å². The van der Waals surface area contributed by atoms with Gasteiger partial charge in [-0.25, -0.2) is 10.4 Å². The van der Waals surface area contributed by atoms with Crippen LogP contribution in [0, 0.1) is 0 Å². The third kappa shape index (κ3) is 4.33. The summed E-state index contributed by atoms with van der Waals surface area (Å²) in [5, 5.41) is 11.2. The number of rotatable bonds is 4. The topological polar surface area (TPSA) is 61.8 Å². The average Bonchev–Trinajstić information content (AvgIpc) is 2.04. The average molecular weight is 188 g/mol. The molecule has 0 amide bonds. The van der Waals surface area contributed by atoms with Crippen LogP contribution in [-0.4, -0.2) is 48.4 Å². The van der Waals surface area contributed by atoms with Crippen molar-refractivity contribution in [2.75, 3.05) is 26.3 Å². The van der Waals surface area contributed by atoms with Crippen molar-refractivity contribution >= 4 is 5.78 Å². The first-order chi connectivity index (χ1) is 6.18. The molecule has 0 radical (unpaired) electrons. The van der Waals surface area contributed by atoms with Crippen LogP contribution < -0.4 is 5.43 Å². The molecule has 5 nitrogen and oxygen atoms in total. The summed E-state index contributed by atoms with van der Waals surface area (Å²) in [7, 11) is 0. The number of hydrazine groups is 1. The fourth-order valence-corrected chi connectivity index (χ4v) is 1.22. The molecule has 1 rings (SSSR count). The maximum atomic E-state index is 10.7. The van der Waals surface area contributed by atoms with Crippen LogP contribution in [0.1, 0.15) is 13.3 Å². The molecule has 13 heavy (non-hydrogen) atoms. The van der Waals surface area contributed by atoms with Gasteiger partial charge in [0.2, 0.25) is 0 Å².